The van der Waals surface area contributed by atoms with E-state index in [4.69, 9.17) is 4.52 Å². The molecule has 1 N–H and O–H groups in total. The highest BCUT2D eigenvalue weighted by Gasteiger charge is 2.10. The van der Waals surface area contributed by atoms with E-state index in [0.29, 0.717) is 31.1 Å². The number of imidazole rings is 1. The maximum absolute atomic E-state index is 11.8. The first kappa shape index (κ1) is 15.4. The molecular weight excluding hydrogens is 314 g/mol. The van der Waals surface area contributed by atoms with E-state index in [1.54, 1.807) is 23.9 Å². The highest BCUT2D eigenvalue weighted by Crippen LogP contribution is 2.18. The first-order chi connectivity index (χ1) is 11.3. The van der Waals surface area contributed by atoms with Crippen molar-refractivity contribution in [1.29, 1.82) is 0 Å². The van der Waals surface area contributed by atoms with Gasteiger partial charge in [0.05, 0.1) is 6.33 Å². The molecule has 0 spiro atoms. The second-order valence-corrected chi connectivity index (χ2v) is 5.81. The lowest BCUT2D eigenvalue weighted by molar-refractivity contribution is -0.121. The number of thiophene rings is 1. The molecule has 0 aliphatic heterocycles. The molecule has 0 aliphatic carbocycles. The van der Waals surface area contributed by atoms with Gasteiger partial charge in [-0.1, -0.05) is 5.16 Å². The maximum atomic E-state index is 11.8. The number of carbonyl (C=O) groups is 1. The molecule has 8 heteroatoms. The minimum Gasteiger partial charge on any atom is -0.356 e. The van der Waals surface area contributed by atoms with E-state index in [1.807, 2.05) is 27.6 Å². The van der Waals surface area contributed by atoms with E-state index in [2.05, 4.69) is 20.4 Å². The Morgan fingerprint density at radius 3 is 3.17 bits per heavy atom. The summed E-state index contributed by atoms with van der Waals surface area (Å²) in [6, 6.07) is 1.94. The lowest BCUT2D eigenvalue weighted by Crippen LogP contribution is -2.25. The van der Waals surface area contributed by atoms with Crippen LogP contribution in [0.15, 0.2) is 40.1 Å². The normalized spacial score (nSPS) is 10.8. The number of aryl methyl sites for hydroxylation is 2. The first-order valence-electron chi connectivity index (χ1n) is 7.39. The predicted molar refractivity (Wildman–Crippen MR) is 85.8 cm³/mol. The Morgan fingerprint density at radius 2 is 2.39 bits per heavy atom. The zero-order valence-corrected chi connectivity index (χ0v) is 13.3. The van der Waals surface area contributed by atoms with E-state index in [1.165, 1.54) is 0 Å². The zero-order valence-electron chi connectivity index (χ0n) is 12.5. The van der Waals surface area contributed by atoms with Crippen LogP contribution in [0.5, 0.6) is 0 Å². The lowest BCUT2D eigenvalue weighted by atomic mass is 10.3. The van der Waals surface area contributed by atoms with Crippen molar-refractivity contribution in [2.75, 3.05) is 6.54 Å². The number of aromatic nitrogens is 4. The molecule has 23 heavy (non-hydrogen) atoms. The average Bonchev–Trinajstić information content (AvgIpc) is 3.31. The van der Waals surface area contributed by atoms with E-state index in [0.717, 1.165) is 18.5 Å². The van der Waals surface area contributed by atoms with Crippen molar-refractivity contribution < 1.29 is 9.32 Å². The Bertz CT molecular complexity index is 721. The Hall–Kier alpha value is -2.48. The van der Waals surface area contributed by atoms with E-state index in [9.17, 15) is 4.79 Å². The summed E-state index contributed by atoms with van der Waals surface area (Å²) in [6.07, 6.45) is 7.07. The van der Waals surface area contributed by atoms with Crippen molar-refractivity contribution >= 4 is 17.2 Å². The van der Waals surface area contributed by atoms with Gasteiger partial charge in [-0.25, -0.2) is 4.98 Å². The quantitative estimate of drug-likeness (QED) is 0.639. The maximum Gasteiger partial charge on any atom is 0.227 e. The number of rotatable bonds is 8. The predicted octanol–water partition coefficient (Wildman–Crippen LogP) is 2.13. The number of hydrogen-bond donors (Lipinski definition) is 1. The van der Waals surface area contributed by atoms with Gasteiger partial charge in [-0.15, -0.1) is 0 Å². The monoisotopic (exact) mass is 331 g/mol. The molecule has 7 nitrogen and oxygen atoms in total. The molecule has 0 unspecified atom stereocenters. The van der Waals surface area contributed by atoms with Gasteiger partial charge < -0.3 is 14.4 Å². The molecule has 0 aliphatic rings. The largest absolute Gasteiger partial charge is 0.356 e. The van der Waals surface area contributed by atoms with Gasteiger partial charge in [0.1, 0.15) is 0 Å². The van der Waals surface area contributed by atoms with Crippen LogP contribution in [0.2, 0.25) is 0 Å². The average molecular weight is 331 g/mol. The van der Waals surface area contributed by atoms with Crippen LogP contribution in [0.25, 0.3) is 11.4 Å². The summed E-state index contributed by atoms with van der Waals surface area (Å²) in [4.78, 5) is 20.1. The van der Waals surface area contributed by atoms with Gasteiger partial charge in [-0.05, 0) is 17.9 Å². The van der Waals surface area contributed by atoms with Crippen molar-refractivity contribution in [2.45, 2.75) is 25.8 Å². The number of amides is 1. The molecule has 0 saturated heterocycles. The summed E-state index contributed by atoms with van der Waals surface area (Å²) in [6.45, 7) is 1.48. The molecular formula is C15H17N5O2S. The van der Waals surface area contributed by atoms with E-state index in [-0.39, 0.29) is 5.91 Å². The third kappa shape index (κ3) is 4.49. The van der Waals surface area contributed by atoms with Crippen molar-refractivity contribution in [1.82, 2.24) is 25.0 Å². The van der Waals surface area contributed by atoms with Crippen molar-refractivity contribution in [3.8, 4) is 11.4 Å². The summed E-state index contributed by atoms with van der Waals surface area (Å²) in [5.41, 5.74) is 0.939. The van der Waals surface area contributed by atoms with Crippen LogP contribution < -0.4 is 5.32 Å². The second-order valence-electron chi connectivity index (χ2n) is 5.03. The second kappa shape index (κ2) is 7.68. The fraction of sp³-hybridized carbons (Fsp3) is 0.333. The molecule has 0 radical (unpaired) electrons. The van der Waals surface area contributed by atoms with Gasteiger partial charge in [0, 0.05) is 49.3 Å². The van der Waals surface area contributed by atoms with Crippen LogP contribution in [-0.4, -0.2) is 32.1 Å². The first-order valence-corrected chi connectivity index (χ1v) is 8.33. The Labute approximate surface area is 137 Å². The molecule has 1 amide bonds. The minimum atomic E-state index is -0.00841. The van der Waals surface area contributed by atoms with E-state index >= 15 is 0 Å². The summed E-state index contributed by atoms with van der Waals surface area (Å²) in [7, 11) is 0. The summed E-state index contributed by atoms with van der Waals surface area (Å²) >= 11 is 1.58. The zero-order chi connectivity index (χ0) is 15.9. The van der Waals surface area contributed by atoms with Gasteiger partial charge >= 0.3 is 0 Å². The molecule has 0 aromatic carbocycles. The molecule has 3 rings (SSSR count). The van der Waals surface area contributed by atoms with Crippen LogP contribution in [0.1, 0.15) is 18.7 Å². The number of nitrogens with one attached hydrogen (secondary N) is 1. The SMILES string of the molecule is O=C(CCc1nc(-c2ccsc2)no1)NCCCn1ccnc1. The fourth-order valence-corrected chi connectivity index (χ4v) is 2.72. The minimum absolute atomic E-state index is 0.00841. The van der Waals surface area contributed by atoms with Crippen LogP contribution >= 0.6 is 11.3 Å². The number of carbonyl (C=O) groups excluding carboxylic acids is 1. The molecule has 120 valence electrons. The van der Waals surface area contributed by atoms with Gasteiger partial charge in [-0.3, -0.25) is 4.79 Å². The standard InChI is InChI=1S/C15H17N5O2S/c21-13(17-5-1-7-20-8-6-16-11-20)2-3-14-18-15(19-22-14)12-4-9-23-10-12/h4,6,8-11H,1-3,5,7H2,(H,17,21). The van der Waals surface area contributed by atoms with Gasteiger partial charge in [-0.2, -0.15) is 16.3 Å². The molecule has 0 atom stereocenters. The lowest BCUT2D eigenvalue weighted by Gasteiger charge is -2.04. The molecule has 3 aromatic rings. The van der Waals surface area contributed by atoms with Gasteiger partial charge in [0.25, 0.3) is 0 Å². The van der Waals surface area contributed by atoms with Crippen molar-refractivity contribution in [3.63, 3.8) is 0 Å². The van der Waals surface area contributed by atoms with Crippen LogP contribution in [0, 0.1) is 0 Å². The molecule has 3 heterocycles. The molecule has 3 aromatic heterocycles. The van der Waals surface area contributed by atoms with Crippen LogP contribution in [0.3, 0.4) is 0 Å². The van der Waals surface area contributed by atoms with Crippen LogP contribution in [0.4, 0.5) is 0 Å². The molecule has 0 bridgehead atoms. The molecule has 0 saturated carbocycles. The van der Waals surface area contributed by atoms with E-state index < -0.39 is 0 Å². The third-order valence-electron chi connectivity index (χ3n) is 3.29. The number of hydrogen-bond acceptors (Lipinski definition) is 6. The fourth-order valence-electron chi connectivity index (χ4n) is 2.08. The van der Waals surface area contributed by atoms with Crippen molar-refractivity contribution in [3.05, 3.63) is 41.4 Å². The summed E-state index contributed by atoms with van der Waals surface area (Å²) in [5, 5.41) is 10.7. The topological polar surface area (TPSA) is 85.8 Å². The Balaban J connectivity index is 1.36. The van der Waals surface area contributed by atoms with Crippen LogP contribution in [-0.2, 0) is 17.8 Å². The summed E-state index contributed by atoms with van der Waals surface area (Å²) in [5.74, 6) is 1.05. The smallest absolute Gasteiger partial charge is 0.227 e. The number of nitrogens with zero attached hydrogens (tertiary/aromatic N) is 4. The highest BCUT2D eigenvalue weighted by molar-refractivity contribution is 7.08. The van der Waals surface area contributed by atoms with Gasteiger partial charge in [0.15, 0.2) is 0 Å². The highest BCUT2D eigenvalue weighted by atomic mass is 32.1. The third-order valence-corrected chi connectivity index (χ3v) is 3.97. The van der Waals surface area contributed by atoms with Crippen molar-refractivity contribution in [2.24, 2.45) is 0 Å². The Morgan fingerprint density at radius 1 is 1.43 bits per heavy atom. The summed E-state index contributed by atoms with van der Waals surface area (Å²) < 4.78 is 7.15. The molecule has 0 fully saturated rings. The van der Waals surface area contributed by atoms with Gasteiger partial charge in [0.2, 0.25) is 17.6 Å². The Kier molecular flexibility index (Phi) is 5.15.